The molecule has 0 aliphatic carbocycles. The first kappa shape index (κ1) is 83.2. The van der Waals surface area contributed by atoms with E-state index in [9.17, 15) is 57.8 Å². The van der Waals surface area contributed by atoms with Crippen molar-refractivity contribution < 1.29 is 76.8 Å². The number of ether oxygens (including phenoxy) is 4. The molecule has 0 aromatic heterocycles. The molecule has 0 spiro atoms. The maximum atomic E-state index is 14.6. The summed E-state index contributed by atoms with van der Waals surface area (Å²) < 4.78 is 22.5. The van der Waals surface area contributed by atoms with Gasteiger partial charge < -0.3 is 61.3 Å². The van der Waals surface area contributed by atoms with E-state index in [4.69, 9.17) is 18.9 Å². The first-order chi connectivity index (χ1) is 42.7. The predicted octanol–water partition coefficient (Wildman–Crippen LogP) is 9.44. The minimum Gasteiger partial charge on any atom is -0.480 e. The molecule has 0 unspecified atom stereocenters. The molecule has 23 nitrogen and oxygen atoms in total. The average Bonchev–Trinajstić information content (AvgIpc) is 1.27. The van der Waals surface area contributed by atoms with Crippen LogP contribution in [0.15, 0.2) is 30.3 Å². The van der Waals surface area contributed by atoms with E-state index in [0.29, 0.717) is 12.3 Å². The predicted molar refractivity (Wildman–Crippen MR) is 352 cm³/mol. The number of hydrogen-bond acceptors (Lipinski definition) is 15. The van der Waals surface area contributed by atoms with Crippen LogP contribution in [0.3, 0.4) is 0 Å². The number of carboxylic acid groups (broad SMARTS) is 1. The highest BCUT2D eigenvalue weighted by Crippen LogP contribution is 2.20. The molecule has 8 atom stereocenters. The van der Waals surface area contributed by atoms with Crippen molar-refractivity contribution in [3.05, 3.63) is 35.9 Å². The summed E-state index contributed by atoms with van der Waals surface area (Å²) in [5.74, 6) is -9.26. The van der Waals surface area contributed by atoms with Crippen molar-refractivity contribution in [2.45, 2.75) is 300 Å². The zero-order chi connectivity index (χ0) is 70.1. The maximum absolute atomic E-state index is 14.6. The lowest BCUT2D eigenvalue weighted by atomic mass is 9.98. The van der Waals surface area contributed by atoms with Gasteiger partial charge in [0.05, 0.1) is 12.8 Å². The molecule has 0 saturated heterocycles. The normalized spacial score (nSPS) is 14.4. The van der Waals surface area contributed by atoms with E-state index in [2.05, 4.69) is 51.1 Å². The van der Waals surface area contributed by atoms with Gasteiger partial charge in [0.25, 0.3) is 0 Å². The second-order valence-electron chi connectivity index (χ2n) is 28.8. The van der Waals surface area contributed by atoms with Crippen molar-refractivity contribution in [2.24, 2.45) is 35.5 Å². The second-order valence-corrected chi connectivity index (χ2v) is 28.8. The van der Waals surface area contributed by atoms with Crippen LogP contribution in [0, 0.1) is 35.5 Å². The number of alkyl carbamates (subject to hydrolysis) is 1. The van der Waals surface area contributed by atoms with Crippen molar-refractivity contribution in [1.82, 2.24) is 37.2 Å². The number of unbranched alkanes of at least 4 members (excludes halogenated alkanes) is 6. The first-order valence-corrected chi connectivity index (χ1v) is 33.4. The summed E-state index contributed by atoms with van der Waals surface area (Å²) in [6, 6.07) is -0.478. The lowest BCUT2D eigenvalue weighted by Gasteiger charge is -2.30. The van der Waals surface area contributed by atoms with Crippen LogP contribution in [-0.4, -0.2) is 130 Å². The van der Waals surface area contributed by atoms with Gasteiger partial charge in [-0.2, -0.15) is 0 Å². The third-order valence-corrected chi connectivity index (χ3v) is 14.4. The Bertz CT molecular complexity index is 2470. The number of benzene rings is 1. The number of carbonyl (C=O) groups is 11. The summed E-state index contributed by atoms with van der Waals surface area (Å²) in [7, 11) is 0. The Morgan fingerprint density at radius 1 is 0.435 bits per heavy atom. The lowest BCUT2D eigenvalue weighted by Crippen LogP contribution is -2.61. The number of nitrogens with one attached hydrogen (secondary N) is 7. The molecule has 1 aromatic rings. The molecule has 0 fully saturated rings. The third kappa shape index (κ3) is 38.3. The number of rotatable bonds is 43. The minimum absolute atomic E-state index is 0.0363. The Balaban J connectivity index is 3.64. The Hall–Kier alpha value is -6.81. The SMILES string of the molecule is CC(C)CCCCCCCCC[C@H](CC(=O)N[C@@H](CCC(=O)OC(C)(C)C)C(=O)N[C@H](CC(C)C)C(=O)N[C@H](CC(C)C)C(=O)N[C@H](C(=O)N[C@H](CC(=O)OC(C)(C)C)C(=O)N[C@H](CC(C)C)C(=O)O)C(C)C)OC(=O)[C@H](CC(C)C)NC(=O)OCc1ccccc1. The lowest BCUT2D eigenvalue weighted by molar-refractivity contribution is -0.157. The fraction of sp³-hybridized carbons (Fsp3) is 0.754. The van der Waals surface area contributed by atoms with Gasteiger partial charge in [-0.25, -0.2) is 14.4 Å². The van der Waals surface area contributed by atoms with Crippen LogP contribution in [0.4, 0.5) is 4.79 Å². The van der Waals surface area contributed by atoms with E-state index >= 15 is 0 Å². The van der Waals surface area contributed by atoms with Crippen molar-refractivity contribution in [3.63, 3.8) is 0 Å². The highest BCUT2D eigenvalue weighted by atomic mass is 16.6. The smallest absolute Gasteiger partial charge is 0.408 e. The molecule has 1 aromatic carbocycles. The zero-order valence-electron chi connectivity index (χ0n) is 58.8. The molecule has 0 saturated carbocycles. The Kier molecular flexibility index (Phi) is 38.4. The molecule has 0 aliphatic heterocycles. The summed E-state index contributed by atoms with van der Waals surface area (Å²) in [6.07, 6.45) is 4.97. The van der Waals surface area contributed by atoms with Gasteiger partial charge in [0.1, 0.15) is 66.2 Å². The number of carboxylic acids is 1. The standard InChI is InChI=1S/C69H117N7O16/c1-42(2)29-25-22-20-19-21-23-28-32-49(90-66(87)55(38-46(9)10)75-67(88)89-41-48-30-26-24-27-31-48)39-56(77)70-50(33-34-57(78)91-68(13,14)15)60(80)71-51(35-43(3)4)61(81)72-52(36-44(5)6)63(83)76-59(47(11)12)64(84)73-53(40-58(79)92-69(16,17)18)62(82)74-54(65(85)86)37-45(7)8/h24,26-27,30-31,42-47,49-55,59H,19-23,25,28-29,32-41H2,1-18H3,(H,70,77)(H,71,80)(H,72,81)(H,73,84)(H,74,82)(H,75,88)(H,76,83)(H,85,86)/t49-,50+,51-,52-,53-,54-,55+,59+/m1/s1. The summed E-state index contributed by atoms with van der Waals surface area (Å²) in [4.78, 5) is 152. The van der Waals surface area contributed by atoms with Crippen molar-refractivity contribution in [2.75, 3.05) is 0 Å². The zero-order valence-corrected chi connectivity index (χ0v) is 58.8. The molecule has 1 rings (SSSR count). The van der Waals surface area contributed by atoms with Crippen molar-refractivity contribution in [1.29, 1.82) is 0 Å². The number of carbonyl (C=O) groups excluding carboxylic acids is 10. The van der Waals surface area contributed by atoms with Gasteiger partial charge in [-0.05, 0) is 128 Å². The molecule has 8 N–H and O–H groups in total. The van der Waals surface area contributed by atoms with Crippen molar-refractivity contribution in [3.8, 4) is 0 Å². The average molecular weight is 1300 g/mol. The number of esters is 3. The molecule has 0 heterocycles. The fourth-order valence-electron chi connectivity index (χ4n) is 9.96. The number of aliphatic carboxylic acids is 1. The number of hydrogen-bond donors (Lipinski definition) is 8. The molecule has 0 aliphatic rings. The van der Waals surface area contributed by atoms with Crippen LogP contribution >= 0.6 is 0 Å². The van der Waals surface area contributed by atoms with Crippen LogP contribution in [-0.2, 0) is 73.5 Å². The van der Waals surface area contributed by atoms with E-state index in [-0.39, 0.29) is 75.2 Å². The van der Waals surface area contributed by atoms with Crippen LogP contribution in [0.25, 0.3) is 0 Å². The minimum atomic E-state index is -1.62. The topological polar surface area (TPSA) is 329 Å². The molecule has 7 amide bonds. The summed E-state index contributed by atoms with van der Waals surface area (Å²) in [6.45, 7) is 32.0. The molecule has 92 heavy (non-hydrogen) atoms. The van der Waals surface area contributed by atoms with Crippen LogP contribution in [0.1, 0.15) is 239 Å². The quantitative estimate of drug-likeness (QED) is 0.0171. The van der Waals surface area contributed by atoms with E-state index in [1.54, 1.807) is 95.2 Å². The van der Waals surface area contributed by atoms with Gasteiger partial charge in [-0.15, -0.1) is 0 Å². The summed E-state index contributed by atoms with van der Waals surface area (Å²) in [5.41, 5.74) is -1.11. The molecule has 0 radical (unpaired) electrons. The Morgan fingerprint density at radius 3 is 1.36 bits per heavy atom. The third-order valence-electron chi connectivity index (χ3n) is 14.4. The molecule has 524 valence electrons. The summed E-state index contributed by atoms with van der Waals surface area (Å²) >= 11 is 0. The van der Waals surface area contributed by atoms with Crippen LogP contribution in [0.5, 0.6) is 0 Å². The fourth-order valence-corrected chi connectivity index (χ4v) is 9.96. The first-order valence-electron chi connectivity index (χ1n) is 33.4. The Morgan fingerprint density at radius 2 is 0.870 bits per heavy atom. The van der Waals surface area contributed by atoms with Gasteiger partial charge in [0, 0.05) is 6.42 Å². The number of amides is 7. The van der Waals surface area contributed by atoms with Crippen molar-refractivity contribution >= 4 is 65.4 Å². The van der Waals surface area contributed by atoms with E-state index in [0.717, 1.165) is 44.1 Å². The van der Waals surface area contributed by atoms with Gasteiger partial charge >= 0.3 is 30.0 Å². The van der Waals surface area contributed by atoms with Crippen LogP contribution in [0.2, 0.25) is 0 Å². The van der Waals surface area contributed by atoms with E-state index in [1.807, 2.05) is 45.9 Å². The van der Waals surface area contributed by atoms with Gasteiger partial charge in [0.2, 0.25) is 35.4 Å². The molecular formula is C69H117N7O16. The summed E-state index contributed by atoms with van der Waals surface area (Å²) in [5, 5.41) is 28.5. The molecule has 0 bridgehead atoms. The molecular weight excluding hydrogens is 1180 g/mol. The highest BCUT2D eigenvalue weighted by molar-refractivity contribution is 5.98. The van der Waals surface area contributed by atoms with Gasteiger partial charge in [-0.1, -0.05) is 158 Å². The molecule has 23 heteroatoms. The Labute approximate surface area is 548 Å². The monoisotopic (exact) mass is 1300 g/mol. The van der Waals surface area contributed by atoms with Gasteiger partial charge in [-0.3, -0.25) is 38.4 Å². The second kappa shape index (κ2) is 42.4. The maximum Gasteiger partial charge on any atom is 0.408 e. The van der Waals surface area contributed by atoms with Crippen LogP contribution < -0.4 is 37.2 Å². The van der Waals surface area contributed by atoms with E-state index < -0.39 is 144 Å². The highest BCUT2D eigenvalue weighted by Gasteiger charge is 2.37. The largest absolute Gasteiger partial charge is 0.480 e. The van der Waals surface area contributed by atoms with E-state index in [1.165, 1.54) is 6.42 Å². The van der Waals surface area contributed by atoms with Gasteiger partial charge in [0.15, 0.2) is 0 Å².